The molecule has 0 amide bonds. The molecule has 0 aromatic heterocycles. The largest absolute Gasteiger partial charge is 0.481 e. The van der Waals surface area contributed by atoms with Gasteiger partial charge in [-0.1, -0.05) is 0 Å². The number of aliphatic carboxylic acids is 1. The molecular formula is C8H14F3NO2. The Kier molecular flexibility index (Phi) is 5.52. The first kappa shape index (κ1) is 13.2. The van der Waals surface area contributed by atoms with Crippen LogP contribution in [0.3, 0.4) is 0 Å². The van der Waals surface area contributed by atoms with Gasteiger partial charge in [-0.15, -0.1) is 0 Å². The molecule has 0 aromatic rings. The number of hydrogen-bond donors (Lipinski definition) is 2. The molecule has 0 fully saturated rings. The lowest BCUT2D eigenvalue weighted by molar-refractivity contribution is -0.138. The molecule has 84 valence electrons. The third-order valence-electron chi connectivity index (χ3n) is 1.61. The Morgan fingerprint density at radius 1 is 1.50 bits per heavy atom. The lowest BCUT2D eigenvalue weighted by atomic mass is 10.2. The lowest BCUT2D eigenvalue weighted by Crippen LogP contribution is -2.29. The molecule has 0 rings (SSSR count). The summed E-state index contributed by atoms with van der Waals surface area (Å²) in [6, 6.07) is -0.291. The molecule has 0 heterocycles. The van der Waals surface area contributed by atoms with Crippen molar-refractivity contribution < 1.29 is 23.1 Å². The van der Waals surface area contributed by atoms with Crippen LogP contribution < -0.4 is 5.32 Å². The van der Waals surface area contributed by atoms with Gasteiger partial charge in [0.15, 0.2) is 0 Å². The van der Waals surface area contributed by atoms with Crippen LogP contribution in [0.1, 0.15) is 26.2 Å². The molecule has 0 spiro atoms. The topological polar surface area (TPSA) is 49.3 Å². The maximum absolute atomic E-state index is 11.7. The summed E-state index contributed by atoms with van der Waals surface area (Å²) < 4.78 is 35.0. The summed E-state index contributed by atoms with van der Waals surface area (Å²) in [5.41, 5.74) is 0. The normalized spacial score (nSPS) is 14.0. The van der Waals surface area contributed by atoms with E-state index in [0.29, 0.717) is 0 Å². The summed E-state index contributed by atoms with van der Waals surface area (Å²) in [6.45, 7) is 1.82. The van der Waals surface area contributed by atoms with Gasteiger partial charge in [0, 0.05) is 12.5 Å². The van der Waals surface area contributed by atoms with Crippen molar-refractivity contribution in [1.29, 1.82) is 0 Å². The highest BCUT2D eigenvalue weighted by molar-refractivity contribution is 5.67. The second-order valence-corrected chi connectivity index (χ2v) is 3.17. The van der Waals surface area contributed by atoms with Crippen LogP contribution in [0, 0.1) is 0 Å². The SMILES string of the molecule is CC(CC(=O)O)NCCCC(F)(F)F. The zero-order chi connectivity index (χ0) is 11.2. The van der Waals surface area contributed by atoms with Crippen LogP contribution >= 0.6 is 0 Å². The van der Waals surface area contributed by atoms with Crippen LogP contribution in [-0.2, 0) is 4.79 Å². The van der Waals surface area contributed by atoms with Gasteiger partial charge < -0.3 is 10.4 Å². The fraction of sp³-hybridized carbons (Fsp3) is 0.875. The molecular weight excluding hydrogens is 199 g/mol. The summed E-state index contributed by atoms with van der Waals surface area (Å²) in [7, 11) is 0. The van der Waals surface area contributed by atoms with Crippen LogP contribution in [-0.4, -0.2) is 29.8 Å². The Labute approximate surface area is 80.3 Å². The highest BCUT2D eigenvalue weighted by Crippen LogP contribution is 2.20. The van der Waals surface area contributed by atoms with Crippen LogP contribution in [0.4, 0.5) is 13.2 Å². The molecule has 0 bridgehead atoms. The number of carboxylic acid groups (broad SMARTS) is 1. The third kappa shape index (κ3) is 9.31. The molecule has 0 aliphatic heterocycles. The predicted octanol–water partition coefficient (Wildman–Crippen LogP) is 1.78. The molecule has 0 aromatic carbocycles. The standard InChI is InChI=1S/C8H14F3NO2/c1-6(5-7(13)14)12-4-2-3-8(9,10)11/h6,12H,2-5H2,1H3,(H,13,14). The summed E-state index contributed by atoms with van der Waals surface area (Å²) in [6.07, 6.45) is -5.06. The summed E-state index contributed by atoms with van der Waals surface area (Å²) >= 11 is 0. The van der Waals surface area contributed by atoms with Gasteiger partial charge in [-0.3, -0.25) is 4.79 Å². The minimum Gasteiger partial charge on any atom is -0.481 e. The van der Waals surface area contributed by atoms with E-state index < -0.39 is 18.6 Å². The van der Waals surface area contributed by atoms with Crippen molar-refractivity contribution in [3.05, 3.63) is 0 Å². The van der Waals surface area contributed by atoms with E-state index in [1.165, 1.54) is 0 Å². The fourth-order valence-corrected chi connectivity index (χ4v) is 0.971. The van der Waals surface area contributed by atoms with E-state index in [1.807, 2.05) is 0 Å². The van der Waals surface area contributed by atoms with Gasteiger partial charge in [-0.25, -0.2) is 0 Å². The van der Waals surface area contributed by atoms with Crippen molar-refractivity contribution in [2.45, 2.75) is 38.4 Å². The molecule has 6 heteroatoms. The number of alkyl halides is 3. The van der Waals surface area contributed by atoms with Gasteiger partial charge in [0.05, 0.1) is 6.42 Å². The monoisotopic (exact) mass is 213 g/mol. The first-order chi connectivity index (χ1) is 6.31. The molecule has 0 aliphatic carbocycles. The third-order valence-corrected chi connectivity index (χ3v) is 1.61. The molecule has 0 radical (unpaired) electrons. The fourth-order valence-electron chi connectivity index (χ4n) is 0.971. The predicted molar refractivity (Wildman–Crippen MR) is 45.0 cm³/mol. The average Bonchev–Trinajstić information content (AvgIpc) is 1.95. The maximum Gasteiger partial charge on any atom is 0.389 e. The zero-order valence-corrected chi connectivity index (χ0v) is 7.90. The van der Waals surface area contributed by atoms with Crippen LogP contribution in [0.15, 0.2) is 0 Å². The molecule has 1 atom stereocenters. The van der Waals surface area contributed by atoms with E-state index in [1.54, 1.807) is 6.92 Å². The van der Waals surface area contributed by atoms with Crippen molar-refractivity contribution >= 4 is 5.97 Å². The Bertz CT molecular complexity index is 182. The number of carboxylic acids is 1. The Morgan fingerprint density at radius 2 is 2.07 bits per heavy atom. The highest BCUT2D eigenvalue weighted by atomic mass is 19.4. The highest BCUT2D eigenvalue weighted by Gasteiger charge is 2.25. The van der Waals surface area contributed by atoms with Crippen LogP contribution in [0.5, 0.6) is 0 Å². The van der Waals surface area contributed by atoms with Gasteiger partial charge in [-0.05, 0) is 19.9 Å². The second kappa shape index (κ2) is 5.85. The van der Waals surface area contributed by atoms with Crippen LogP contribution in [0.2, 0.25) is 0 Å². The average molecular weight is 213 g/mol. The van der Waals surface area contributed by atoms with Gasteiger partial charge in [0.25, 0.3) is 0 Å². The zero-order valence-electron chi connectivity index (χ0n) is 7.90. The first-order valence-electron chi connectivity index (χ1n) is 4.33. The van der Waals surface area contributed by atoms with E-state index >= 15 is 0 Å². The molecule has 1 unspecified atom stereocenters. The Morgan fingerprint density at radius 3 is 2.50 bits per heavy atom. The van der Waals surface area contributed by atoms with Crippen molar-refractivity contribution in [3.8, 4) is 0 Å². The minimum atomic E-state index is -4.13. The summed E-state index contributed by atoms with van der Waals surface area (Å²) in [5.74, 6) is -0.958. The lowest BCUT2D eigenvalue weighted by Gasteiger charge is -2.11. The van der Waals surface area contributed by atoms with Gasteiger partial charge in [-0.2, -0.15) is 13.2 Å². The second-order valence-electron chi connectivity index (χ2n) is 3.17. The van der Waals surface area contributed by atoms with Crippen LogP contribution in [0.25, 0.3) is 0 Å². The summed E-state index contributed by atoms with van der Waals surface area (Å²) in [4.78, 5) is 10.2. The Hall–Kier alpha value is -0.780. The molecule has 3 nitrogen and oxygen atoms in total. The smallest absolute Gasteiger partial charge is 0.389 e. The minimum absolute atomic E-state index is 0.0204. The van der Waals surface area contributed by atoms with Crippen molar-refractivity contribution in [2.24, 2.45) is 0 Å². The number of rotatable bonds is 6. The Balaban J connectivity index is 3.41. The van der Waals surface area contributed by atoms with Crippen molar-refractivity contribution in [3.63, 3.8) is 0 Å². The molecule has 2 N–H and O–H groups in total. The molecule has 0 saturated heterocycles. The van der Waals surface area contributed by atoms with Crippen molar-refractivity contribution in [2.75, 3.05) is 6.54 Å². The maximum atomic E-state index is 11.7. The van der Waals surface area contributed by atoms with Gasteiger partial charge in [0.1, 0.15) is 0 Å². The number of carbonyl (C=O) groups is 1. The van der Waals surface area contributed by atoms with E-state index in [2.05, 4.69) is 5.32 Å². The van der Waals surface area contributed by atoms with Gasteiger partial charge >= 0.3 is 12.1 Å². The molecule has 0 saturated carbocycles. The van der Waals surface area contributed by atoms with Gasteiger partial charge in [0.2, 0.25) is 0 Å². The summed E-state index contributed by atoms with van der Waals surface area (Å²) in [5, 5.41) is 11.1. The van der Waals surface area contributed by atoms with E-state index in [0.717, 1.165) is 0 Å². The number of hydrogen-bond acceptors (Lipinski definition) is 2. The molecule has 14 heavy (non-hydrogen) atoms. The molecule has 0 aliphatic rings. The van der Waals surface area contributed by atoms with E-state index in [4.69, 9.17) is 5.11 Å². The quantitative estimate of drug-likeness (QED) is 0.661. The van der Waals surface area contributed by atoms with E-state index in [9.17, 15) is 18.0 Å². The van der Waals surface area contributed by atoms with E-state index in [-0.39, 0.29) is 25.4 Å². The first-order valence-corrected chi connectivity index (χ1v) is 4.33. The number of halogens is 3. The van der Waals surface area contributed by atoms with Crippen molar-refractivity contribution in [1.82, 2.24) is 5.32 Å². The number of nitrogens with one attached hydrogen (secondary N) is 1.